The van der Waals surface area contributed by atoms with Crippen LogP contribution in [0.4, 0.5) is 5.69 Å². The fraction of sp³-hybridized carbons (Fsp3) is 0.200. The van der Waals surface area contributed by atoms with Crippen LogP contribution in [0.25, 0.3) is 0 Å². The maximum atomic E-state index is 12.0. The van der Waals surface area contributed by atoms with Gasteiger partial charge in [0, 0.05) is 0 Å². The Morgan fingerprint density at radius 2 is 2.00 bits per heavy atom. The summed E-state index contributed by atoms with van der Waals surface area (Å²) >= 11 is 0. The minimum atomic E-state index is -0.432. The number of carbonyl (C=O) groups is 1. The van der Waals surface area contributed by atoms with E-state index in [4.69, 9.17) is 15.2 Å². The molecule has 0 radical (unpaired) electrons. The van der Waals surface area contributed by atoms with Crippen molar-refractivity contribution in [2.75, 3.05) is 12.8 Å². The van der Waals surface area contributed by atoms with E-state index < -0.39 is 5.97 Å². The zero-order valence-electron chi connectivity index (χ0n) is 11.4. The number of ether oxygens (including phenoxy) is 2. The maximum absolute atomic E-state index is 12.0. The van der Waals surface area contributed by atoms with Gasteiger partial charge in [-0.3, -0.25) is 4.98 Å². The lowest BCUT2D eigenvalue weighted by atomic mass is 10.2. The number of hydrogen-bond acceptors (Lipinski definition) is 5. The Balaban J connectivity index is 2.02. The monoisotopic (exact) mass is 272 g/mol. The molecule has 0 unspecified atom stereocenters. The highest BCUT2D eigenvalue weighted by Gasteiger charge is 2.12. The van der Waals surface area contributed by atoms with E-state index in [1.807, 2.05) is 24.3 Å². The average molecular weight is 272 g/mol. The van der Waals surface area contributed by atoms with Gasteiger partial charge in [0.1, 0.15) is 12.4 Å². The molecule has 0 spiro atoms. The number of nitrogens with two attached hydrogens (primary N) is 1. The molecular formula is C15H16N2O3. The van der Waals surface area contributed by atoms with Crippen molar-refractivity contribution < 1.29 is 14.3 Å². The number of pyridine rings is 1. The molecule has 0 saturated carbocycles. The number of methoxy groups -OCH3 is 1. The molecule has 20 heavy (non-hydrogen) atoms. The predicted octanol–water partition coefficient (Wildman–Crippen LogP) is 2.34. The van der Waals surface area contributed by atoms with E-state index >= 15 is 0 Å². The second-order valence-electron chi connectivity index (χ2n) is 4.33. The number of nitrogens with zero attached hydrogens (tertiary/aromatic N) is 1. The molecule has 0 fully saturated rings. The summed E-state index contributed by atoms with van der Waals surface area (Å²) in [6, 6.07) is 8.89. The van der Waals surface area contributed by atoms with Crippen LogP contribution in [0.1, 0.15) is 21.6 Å². The van der Waals surface area contributed by atoms with Gasteiger partial charge in [-0.2, -0.15) is 0 Å². The molecule has 5 nitrogen and oxygen atoms in total. The van der Waals surface area contributed by atoms with Crippen LogP contribution >= 0.6 is 0 Å². The predicted molar refractivity (Wildman–Crippen MR) is 75.5 cm³/mol. The Kier molecular flexibility index (Phi) is 4.20. The fourth-order valence-corrected chi connectivity index (χ4v) is 1.70. The number of anilines is 1. The molecule has 2 rings (SSSR count). The van der Waals surface area contributed by atoms with Crippen LogP contribution in [0.2, 0.25) is 0 Å². The summed E-state index contributed by atoms with van der Waals surface area (Å²) in [7, 11) is 1.60. The lowest BCUT2D eigenvalue weighted by Crippen LogP contribution is -2.09. The molecule has 1 aromatic heterocycles. The summed E-state index contributed by atoms with van der Waals surface area (Å²) in [5.41, 5.74) is 7.92. The van der Waals surface area contributed by atoms with Crippen molar-refractivity contribution in [3.05, 3.63) is 53.3 Å². The van der Waals surface area contributed by atoms with Gasteiger partial charge in [-0.05, 0) is 30.7 Å². The quantitative estimate of drug-likeness (QED) is 0.865. The highest BCUT2D eigenvalue weighted by atomic mass is 16.5. The Morgan fingerprint density at radius 3 is 2.65 bits per heavy atom. The van der Waals surface area contributed by atoms with Crippen molar-refractivity contribution in [1.29, 1.82) is 0 Å². The number of nitrogen functional groups attached to an aromatic ring is 1. The van der Waals surface area contributed by atoms with Crippen LogP contribution in [0.3, 0.4) is 0 Å². The van der Waals surface area contributed by atoms with Crippen molar-refractivity contribution >= 4 is 11.7 Å². The van der Waals surface area contributed by atoms with Gasteiger partial charge in [-0.25, -0.2) is 4.79 Å². The van der Waals surface area contributed by atoms with Gasteiger partial charge < -0.3 is 15.2 Å². The highest BCUT2D eigenvalue weighted by Crippen LogP contribution is 2.14. The maximum Gasteiger partial charge on any atom is 0.340 e. The van der Waals surface area contributed by atoms with E-state index in [9.17, 15) is 4.79 Å². The fourth-order valence-electron chi connectivity index (χ4n) is 1.70. The van der Waals surface area contributed by atoms with E-state index in [1.165, 1.54) is 6.20 Å². The summed E-state index contributed by atoms with van der Waals surface area (Å²) in [5, 5.41) is 0. The van der Waals surface area contributed by atoms with Crippen LogP contribution in [-0.2, 0) is 11.3 Å². The minimum absolute atomic E-state index is 0.192. The van der Waals surface area contributed by atoms with Crippen molar-refractivity contribution in [1.82, 2.24) is 4.98 Å². The van der Waals surface area contributed by atoms with Gasteiger partial charge in [-0.1, -0.05) is 12.1 Å². The van der Waals surface area contributed by atoms with Crippen LogP contribution in [0.5, 0.6) is 5.75 Å². The smallest absolute Gasteiger partial charge is 0.340 e. The van der Waals surface area contributed by atoms with Gasteiger partial charge in [0.2, 0.25) is 0 Å². The molecule has 0 atom stereocenters. The SMILES string of the molecule is COc1ccc(COC(=O)c2cc(N)cnc2C)cc1. The van der Waals surface area contributed by atoms with Crippen LogP contribution in [0, 0.1) is 6.92 Å². The van der Waals surface area contributed by atoms with Crippen molar-refractivity contribution in [3.63, 3.8) is 0 Å². The molecule has 0 aliphatic heterocycles. The summed E-state index contributed by atoms with van der Waals surface area (Å²) < 4.78 is 10.3. The van der Waals surface area contributed by atoms with E-state index in [0.717, 1.165) is 11.3 Å². The van der Waals surface area contributed by atoms with Gasteiger partial charge in [0.05, 0.1) is 30.3 Å². The lowest BCUT2D eigenvalue weighted by Gasteiger charge is -2.08. The minimum Gasteiger partial charge on any atom is -0.497 e. The van der Waals surface area contributed by atoms with Gasteiger partial charge in [0.25, 0.3) is 0 Å². The molecule has 5 heteroatoms. The molecule has 0 aliphatic rings. The molecule has 1 aromatic carbocycles. The number of rotatable bonds is 4. The van der Waals surface area contributed by atoms with Crippen molar-refractivity contribution in [2.45, 2.75) is 13.5 Å². The first-order chi connectivity index (χ1) is 9.60. The highest BCUT2D eigenvalue weighted by molar-refractivity contribution is 5.91. The third kappa shape index (κ3) is 3.26. The molecular weight excluding hydrogens is 256 g/mol. The second kappa shape index (κ2) is 6.06. The van der Waals surface area contributed by atoms with E-state index in [2.05, 4.69) is 4.98 Å². The van der Waals surface area contributed by atoms with Crippen molar-refractivity contribution in [3.8, 4) is 5.75 Å². The summed E-state index contributed by atoms with van der Waals surface area (Å²) in [4.78, 5) is 16.0. The van der Waals surface area contributed by atoms with Crippen LogP contribution < -0.4 is 10.5 Å². The number of aryl methyl sites for hydroxylation is 1. The van der Waals surface area contributed by atoms with E-state index in [0.29, 0.717) is 16.9 Å². The number of hydrogen-bond donors (Lipinski definition) is 1. The molecule has 0 bridgehead atoms. The largest absolute Gasteiger partial charge is 0.497 e. The second-order valence-corrected chi connectivity index (χ2v) is 4.33. The van der Waals surface area contributed by atoms with Crippen molar-refractivity contribution in [2.24, 2.45) is 0 Å². The van der Waals surface area contributed by atoms with Gasteiger partial charge >= 0.3 is 5.97 Å². The third-order valence-electron chi connectivity index (χ3n) is 2.86. The summed E-state index contributed by atoms with van der Waals surface area (Å²) in [6.07, 6.45) is 1.51. The number of esters is 1. The molecule has 2 N–H and O–H groups in total. The first-order valence-corrected chi connectivity index (χ1v) is 6.12. The Hall–Kier alpha value is -2.56. The molecule has 0 aliphatic carbocycles. The van der Waals surface area contributed by atoms with E-state index in [-0.39, 0.29) is 6.61 Å². The molecule has 0 saturated heterocycles. The third-order valence-corrected chi connectivity index (χ3v) is 2.86. The normalized spacial score (nSPS) is 10.1. The Bertz CT molecular complexity index is 609. The topological polar surface area (TPSA) is 74.4 Å². The van der Waals surface area contributed by atoms with Gasteiger partial charge in [-0.15, -0.1) is 0 Å². The molecule has 104 valence electrons. The van der Waals surface area contributed by atoms with E-state index in [1.54, 1.807) is 20.1 Å². The number of aromatic nitrogens is 1. The summed E-state index contributed by atoms with van der Waals surface area (Å²) in [6.45, 7) is 1.93. The standard InChI is InChI=1S/C15H16N2O3/c1-10-14(7-12(16)8-17-10)15(18)20-9-11-3-5-13(19-2)6-4-11/h3-8H,9,16H2,1-2H3. The van der Waals surface area contributed by atoms with Crippen LogP contribution in [0.15, 0.2) is 36.5 Å². The number of carbonyl (C=O) groups excluding carboxylic acids is 1. The van der Waals surface area contributed by atoms with Gasteiger partial charge in [0.15, 0.2) is 0 Å². The first kappa shape index (κ1) is 13.9. The Labute approximate surface area is 117 Å². The number of benzene rings is 1. The van der Waals surface area contributed by atoms with Crippen LogP contribution in [-0.4, -0.2) is 18.1 Å². The summed E-state index contributed by atoms with van der Waals surface area (Å²) in [5.74, 6) is 0.328. The molecule has 1 heterocycles. The zero-order valence-corrected chi connectivity index (χ0v) is 11.4. The molecule has 2 aromatic rings. The zero-order chi connectivity index (χ0) is 14.5. The Morgan fingerprint density at radius 1 is 1.30 bits per heavy atom. The average Bonchev–Trinajstić information content (AvgIpc) is 2.47. The lowest BCUT2D eigenvalue weighted by molar-refractivity contribution is 0.0471. The first-order valence-electron chi connectivity index (χ1n) is 6.12. The molecule has 0 amide bonds.